The Hall–Kier alpha value is -1.65. The molecule has 4 nitrogen and oxygen atoms in total. The van der Waals surface area contributed by atoms with Gasteiger partial charge in [0.15, 0.2) is 6.10 Å². The summed E-state index contributed by atoms with van der Waals surface area (Å²) in [6.07, 6.45) is -0.298. The molecule has 0 saturated heterocycles. The number of ether oxygens (including phenoxy) is 2. The van der Waals surface area contributed by atoms with Crippen LogP contribution >= 0.6 is 0 Å². The second-order valence-corrected chi connectivity index (χ2v) is 4.51. The number of aliphatic hydroxyl groups excluding tert-OH is 1. The molecular weight excluding hydrogens is 256 g/mol. The summed E-state index contributed by atoms with van der Waals surface area (Å²) in [6.45, 7) is 6.87. The van der Waals surface area contributed by atoms with E-state index in [1.54, 1.807) is 6.92 Å². The Balaban J connectivity index is 2.15. The van der Waals surface area contributed by atoms with Crippen molar-refractivity contribution in [1.29, 1.82) is 0 Å². The van der Waals surface area contributed by atoms with E-state index in [2.05, 4.69) is 6.58 Å². The lowest BCUT2D eigenvalue weighted by atomic mass is 10.1. The maximum atomic E-state index is 11.2. The molecule has 1 atom stereocenters. The highest BCUT2D eigenvalue weighted by Crippen LogP contribution is 2.10. The lowest BCUT2D eigenvalue weighted by Gasteiger charge is -2.11. The number of carbonyl (C=O) groups excluding carboxylic acids is 1. The van der Waals surface area contributed by atoms with Gasteiger partial charge < -0.3 is 14.6 Å². The van der Waals surface area contributed by atoms with Crippen molar-refractivity contribution in [2.24, 2.45) is 0 Å². The number of carbonyl (C=O) groups is 1. The van der Waals surface area contributed by atoms with E-state index < -0.39 is 12.1 Å². The lowest BCUT2D eigenvalue weighted by Crippen LogP contribution is -2.23. The highest BCUT2D eigenvalue weighted by atomic mass is 16.5. The fraction of sp³-hybridized carbons (Fsp3) is 0.438. The SMILES string of the molecule is C=C(CCOCc1ccccc1)C[C@H](O)C(=O)OCC. The highest BCUT2D eigenvalue weighted by molar-refractivity contribution is 5.74. The molecule has 0 aromatic heterocycles. The molecule has 0 fully saturated rings. The Labute approximate surface area is 120 Å². The zero-order chi connectivity index (χ0) is 14.8. The molecule has 20 heavy (non-hydrogen) atoms. The minimum absolute atomic E-state index is 0.216. The largest absolute Gasteiger partial charge is 0.464 e. The van der Waals surface area contributed by atoms with Crippen LogP contribution in [0, 0.1) is 0 Å². The predicted molar refractivity (Wildman–Crippen MR) is 77.1 cm³/mol. The molecule has 0 bridgehead atoms. The van der Waals surface area contributed by atoms with Crippen molar-refractivity contribution in [1.82, 2.24) is 0 Å². The summed E-state index contributed by atoms with van der Waals surface area (Å²) in [5, 5.41) is 9.58. The lowest BCUT2D eigenvalue weighted by molar-refractivity contribution is -0.152. The van der Waals surface area contributed by atoms with Gasteiger partial charge in [0, 0.05) is 6.42 Å². The third-order valence-corrected chi connectivity index (χ3v) is 2.75. The molecule has 0 heterocycles. The van der Waals surface area contributed by atoms with E-state index in [1.807, 2.05) is 30.3 Å². The quantitative estimate of drug-likeness (QED) is 0.428. The van der Waals surface area contributed by atoms with E-state index in [9.17, 15) is 9.90 Å². The Kier molecular flexibility index (Phi) is 7.62. The van der Waals surface area contributed by atoms with Gasteiger partial charge in [0.2, 0.25) is 0 Å². The molecule has 4 heteroatoms. The highest BCUT2D eigenvalue weighted by Gasteiger charge is 2.16. The monoisotopic (exact) mass is 278 g/mol. The van der Waals surface area contributed by atoms with Crippen molar-refractivity contribution in [3.8, 4) is 0 Å². The second kappa shape index (κ2) is 9.28. The van der Waals surface area contributed by atoms with Crippen molar-refractivity contribution in [3.63, 3.8) is 0 Å². The molecule has 0 spiro atoms. The van der Waals surface area contributed by atoms with Gasteiger partial charge >= 0.3 is 5.97 Å². The first-order valence-corrected chi connectivity index (χ1v) is 6.76. The average Bonchev–Trinajstić information content (AvgIpc) is 2.45. The van der Waals surface area contributed by atoms with E-state index in [0.717, 1.165) is 11.1 Å². The zero-order valence-corrected chi connectivity index (χ0v) is 11.9. The van der Waals surface area contributed by atoms with E-state index in [0.29, 0.717) is 19.6 Å². The molecule has 0 unspecified atom stereocenters. The maximum Gasteiger partial charge on any atom is 0.335 e. The van der Waals surface area contributed by atoms with Gasteiger partial charge in [-0.2, -0.15) is 0 Å². The van der Waals surface area contributed by atoms with E-state index in [4.69, 9.17) is 9.47 Å². The number of aliphatic hydroxyl groups is 1. The summed E-state index contributed by atoms with van der Waals surface area (Å²) in [4.78, 5) is 11.2. The topological polar surface area (TPSA) is 55.8 Å². The first-order valence-electron chi connectivity index (χ1n) is 6.76. The van der Waals surface area contributed by atoms with Gasteiger partial charge in [-0.3, -0.25) is 0 Å². The third-order valence-electron chi connectivity index (χ3n) is 2.75. The number of esters is 1. The van der Waals surface area contributed by atoms with Crippen LogP contribution in [0.5, 0.6) is 0 Å². The van der Waals surface area contributed by atoms with Gasteiger partial charge in [-0.1, -0.05) is 42.5 Å². The molecule has 1 N–H and O–H groups in total. The fourth-order valence-corrected chi connectivity index (χ4v) is 1.68. The molecule has 0 amide bonds. The molecular formula is C16H22O4. The zero-order valence-electron chi connectivity index (χ0n) is 11.9. The van der Waals surface area contributed by atoms with Crippen LogP contribution in [0.3, 0.4) is 0 Å². The molecule has 110 valence electrons. The van der Waals surface area contributed by atoms with Crippen molar-refractivity contribution >= 4 is 5.97 Å². The smallest absolute Gasteiger partial charge is 0.335 e. The van der Waals surface area contributed by atoms with Gasteiger partial charge in [0.05, 0.1) is 19.8 Å². The van der Waals surface area contributed by atoms with E-state index >= 15 is 0 Å². The van der Waals surface area contributed by atoms with Crippen LogP contribution in [0.15, 0.2) is 42.5 Å². The summed E-state index contributed by atoms with van der Waals surface area (Å²) in [7, 11) is 0. The van der Waals surface area contributed by atoms with Crippen LogP contribution < -0.4 is 0 Å². The molecule has 0 aliphatic heterocycles. The summed E-state index contributed by atoms with van der Waals surface area (Å²) < 4.78 is 10.2. The molecule has 0 aliphatic rings. The molecule has 0 saturated carbocycles. The van der Waals surface area contributed by atoms with E-state index in [-0.39, 0.29) is 13.0 Å². The number of rotatable bonds is 9. The van der Waals surface area contributed by atoms with Crippen molar-refractivity contribution in [2.45, 2.75) is 32.5 Å². The second-order valence-electron chi connectivity index (χ2n) is 4.51. The van der Waals surface area contributed by atoms with Gasteiger partial charge in [-0.05, 0) is 18.9 Å². The third kappa shape index (κ3) is 6.50. The van der Waals surface area contributed by atoms with E-state index in [1.165, 1.54) is 0 Å². The minimum Gasteiger partial charge on any atom is -0.464 e. The van der Waals surface area contributed by atoms with Crippen LogP contribution in [0.4, 0.5) is 0 Å². The Morgan fingerprint density at radius 2 is 2.05 bits per heavy atom. The van der Waals surface area contributed by atoms with Crippen LogP contribution in [0.2, 0.25) is 0 Å². The van der Waals surface area contributed by atoms with Gasteiger partial charge in [0.25, 0.3) is 0 Å². The first-order chi connectivity index (χ1) is 9.63. The standard InChI is InChI=1S/C16H22O4/c1-3-20-16(18)15(17)11-13(2)9-10-19-12-14-7-5-4-6-8-14/h4-8,15,17H,2-3,9-12H2,1H3/t15-/m0/s1. The molecule has 1 aromatic carbocycles. The van der Waals surface area contributed by atoms with Gasteiger partial charge in [-0.25, -0.2) is 4.79 Å². The Morgan fingerprint density at radius 3 is 2.70 bits per heavy atom. The van der Waals surface area contributed by atoms with Crippen molar-refractivity contribution in [3.05, 3.63) is 48.0 Å². The molecule has 0 aliphatic carbocycles. The van der Waals surface area contributed by atoms with Crippen molar-refractivity contribution in [2.75, 3.05) is 13.2 Å². The number of hydrogen-bond acceptors (Lipinski definition) is 4. The minimum atomic E-state index is -1.13. The normalized spacial score (nSPS) is 11.9. The molecule has 0 radical (unpaired) electrons. The van der Waals surface area contributed by atoms with Gasteiger partial charge in [0.1, 0.15) is 0 Å². The summed E-state index contributed by atoms with van der Waals surface area (Å²) in [5.74, 6) is -0.598. The van der Waals surface area contributed by atoms with Crippen LogP contribution in [0.1, 0.15) is 25.3 Å². The fourth-order valence-electron chi connectivity index (χ4n) is 1.68. The Morgan fingerprint density at radius 1 is 1.35 bits per heavy atom. The number of hydrogen-bond donors (Lipinski definition) is 1. The van der Waals surface area contributed by atoms with Crippen molar-refractivity contribution < 1.29 is 19.4 Å². The van der Waals surface area contributed by atoms with Crippen LogP contribution in [-0.4, -0.2) is 30.4 Å². The summed E-state index contributed by atoms with van der Waals surface area (Å²) in [5.41, 5.74) is 1.89. The maximum absolute atomic E-state index is 11.2. The first kappa shape index (κ1) is 16.4. The molecule has 1 aromatic rings. The van der Waals surface area contributed by atoms with Gasteiger partial charge in [-0.15, -0.1) is 0 Å². The number of benzene rings is 1. The Bertz CT molecular complexity index is 414. The average molecular weight is 278 g/mol. The van der Waals surface area contributed by atoms with Crippen LogP contribution in [0.25, 0.3) is 0 Å². The van der Waals surface area contributed by atoms with Crippen LogP contribution in [-0.2, 0) is 20.9 Å². The summed E-state index contributed by atoms with van der Waals surface area (Å²) in [6, 6.07) is 9.89. The summed E-state index contributed by atoms with van der Waals surface area (Å²) >= 11 is 0. The predicted octanol–water partition coefficient (Wildman–Crippen LogP) is 2.46. The molecule has 1 rings (SSSR count).